The van der Waals surface area contributed by atoms with Gasteiger partial charge in [-0.2, -0.15) is 0 Å². The fourth-order valence-electron chi connectivity index (χ4n) is 1.85. The molecule has 0 aliphatic heterocycles. The lowest BCUT2D eigenvalue weighted by molar-refractivity contribution is 0.0453. The van der Waals surface area contributed by atoms with Crippen molar-refractivity contribution in [3.05, 3.63) is 24.0 Å². The quantitative estimate of drug-likeness (QED) is 0.695. The van der Waals surface area contributed by atoms with Crippen molar-refractivity contribution in [3.63, 3.8) is 0 Å². The zero-order valence-electron chi connectivity index (χ0n) is 9.64. The molecule has 0 radical (unpaired) electrons. The number of aliphatic hydroxyl groups is 1. The Bertz CT molecular complexity index is 541. The molecule has 0 aromatic heterocycles. The van der Waals surface area contributed by atoms with Crippen molar-refractivity contribution in [3.8, 4) is 0 Å². The second kappa shape index (κ2) is 4.83. The lowest BCUT2D eigenvalue weighted by Crippen LogP contribution is -2.38. The van der Waals surface area contributed by atoms with Gasteiger partial charge >= 0.3 is 0 Å². The van der Waals surface area contributed by atoms with Gasteiger partial charge in [0, 0.05) is 6.54 Å². The van der Waals surface area contributed by atoms with E-state index in [1.807, 2.05) is 0 Å². The third kappa shape index (κ3) is 2.80. The summed E-state index contributed by atoms with van der Waals surface area (Å²) in [7, 11) is -3.72. The molecule has 0 spiro atoms. The number of halogens is 1. The lowest BCUT2D eigenvalue weighted by Gasteiger charge is -2.31. The molecular weight excluding hydrogens is 259 g/mol. The number of nitrogen functional groups attached to an aromatic ring is 1. The molecule has 4 N–H and O–H groups in total. The van der Waals surface area contributed by atoms with Crippen molar-refractivity contribution in [1.29, 1.82) is 0 Å². The molecule has 1 aliphatic carbocycles. The van der Waals surface area contributed by atoms with Crippen molar-refractivity contribution >= 4 is 15.7 Å². The average Bonchev–Trinajstić information content (AvgIpc) is 2.26. The van der Waals surface area contributed by atoms with E-state index >= 15 is 0 Å². The maximum Gasteiger partial charge on any atom is 0.240 e. The summed E-state index contributed by atoms with van der Waals surface area (Å²) in [4.78, 5) is -0.144. The van der Waals surface area contributed by atoms with Gasteiger partial charge in [0.1, 0.15) is 5.82 Å². The molecular formula is C11H15FN2O3S. The van der Waals surface area contributed by atoms with Crippen LogP contribution in [0, 0.1) is 11.7 Å². The van der Waals surface area contributed by atoms with Crippen molar-refractivity contribution < 1.29 is 17.9 Å². The number of aliphatic hydroxyl groups excluding tert-OH is 1. The van der Waals surface area contributed by atoms with E-state index in [-0.39, 0.29) is 29.1 Å². The molecule has 18 heavy (non-hydrogen) atoms. The number of hydrogen-bond acceptors (Lipinski definition) is 4. The van der Waals surface area contributed by atoms with Crippen molar-refractivity contribution in [2.45, 2.75) is 23.8 Å². The van der Waals surface area contributed by atoms with Crippen molar-refractivity contribution in [1.82, 2.24) is 4.72 Å². The van der Waals surface area contributed by atoms with Crippen LogP contribution in [0.4, 0.5) is 10.1 Å². The maximum absolute atomic E-state index is 13.2. The zero-order chi connectivity index (χ0) is 13.3. The first-order valence-electron chi connectivity index (χ1n) is 5.61. The number of sulfonamides is 1. The van der Waals surface area contributed by atoms with Gasteiger partial charge in [0.05, 0.1) is 16.7 Å². The minimum atomic E-state index is -3.72. The van der Waals surface area contributed by atoms with Crippen LogP contribution in [0.2, 0.25) is 0 Å². The normalized spacial score (nSPS) is 23.7. The topological polar surface area (TPSA) is 92.4 Å². The highest BCUT2D eigenvalue weighted by atomic mass is 32.2. The Morgan fingerprint density at radius 2 is 2.11 bits per heavy atom. The van der Waals surface area contributed by atoms with E-state index in [9.17, 15) is 12.8 Å². The standard InChI is InChI=1S/C11H15FN2O3S/c12-10-5-9(1-2-11(10)13)18(16,17)14-6-7-3-8(15)4-7/h1-2,5,7-8,14-15H,3-4,6,13H2. The van der Waals surface area contributed by atoms with Crippen LogP contribution in [0.1, 0.15) is 12.8 Å². The van der Waals surface area contributed by atoms with Gasteiger partial charge in [-0.25, -0.2) is 17.5 Å². The van der Waals surface area contributed by atoms with E-state index in [4.69, 9.17) is 10.8 Å². The third-order valence-corrected chi connectivity index (χ3v) is 4.48. The predicted octanol–water partition coefficient (Wildman–Crippen LogP) is 0.457. The number of benzene rings is 1. The summed E-state index contributed by atoms with van der Waals surface area (Å²) in [5.41, 5.74) is 5.20. The van der Waals surface area contributed by atoms with E-state index in [0.29, 0.717) is 12.8 Å². The number of nitrogens with one attached hydrogen (secondary N) is 1. The summed E-state index contributed by atoms with van der Waals surface area (Å²) < 4.78 is 39.3. The molecule has 100 valence electrons. The second-order valence-corrected chi connectivity index (χ2v) is 6.29. The van der Waals surface area contributed by atoms with Crippen LogP contribution in [0.3, 0.4) is 0 Å². The molecule has 7 heteroatoms. The highest BCUT2D eigenvalue weighted by Crippen LogP contribution is 2.26. The summed E-state index contributed by atoms with van der Waals surface area (Å²) in [6.07, 6.45) is 0.866. The van der Waals surface area contributed by atoms with Crippen LogP contribution < -0.4 is 10.5 Å². The molecule has 5 nitrogen and oxygen atoms in total. The highest BCUT2D eigenvalue weighted by Gasteiger charge is 2.28. The summed E-state index contributed by atoms with van der Waals surface area (Å²) in [5.74, 6) is -0.606. The van der Waals surface area contributed by atoms with Gasteiger partial charge in [-0.05, 0) is 37.0 Å². The molecule has 0 unspecified atom stereocenters. The first kappa shape index (κ1) is 13.3. The maximum atomic E-state index is 13.2. The Morgan fingerprint density at radius 1 is 1.44 bits per heavy atom. The van der Waals surface area contributed by atoms with E-state index in [1.54, 1.807) is 0 Å². The monoisotopic (exact) mass is 274 g/mol. The second-order valence-electron chi connectivity index (χ2n) is 4.53. The molecule has 1 fully saturated rings. The fourth-order valence-corrected chi connectivity index (χ4v) is 2.98. The van der Waals surface area contributed by atoms with Gasteiger partial charge in [-0.3, -0.25) is 0 Å². The summed E-state index contributed by atoms with van der Waals surface area (Å²) in [6.45, 7) is 0.255. The Morgan fingerprint density at radius 3 is 2.67 bits per heavy atom. The first-order valence-corrected chi connectivity index (χ1v) is 7.09. The SMILES string of the molecule is Nc1ccc(S(=O)(=O)NCC2CC(O)C2)cc1F. The number of nitrogens with two attached hydrogens (primary N) is 1. The Hall–Kier alpha value is -1.18. The van der Waals surface area contributed by atoms with Crippen LogP contribution >= 0.6 is 0 Å². The Kier molecular flexibility index (Phi) is 3.56. The van der Waals surface area contributed by atoms with Crippen LogP contribution in [0.15, 0.2) is 23.1 Å². The Balaban J connectivity index is 2.03. The van der Waals surface area contributed by atoms with Crippen molar-refractivity contribution in [2.24, 2.45) is 5.92 Å². The molecule has 0 amide bonds. The summed E-state index contributed by atoms with van der Waals surface area (Å²) in [6, 6.07) is 3.38. The summed E-state index contributed by atoms with van der Waals surface area (Å²) >= 11 is 0. The average molecular weight is 274 g/mol. The van der Waals surface area contributed by atoms with Gasteiger partial charge in [-0.15, -0.1) is 0 Å². The number of rotatable bonds is 4. The zero-order valence-corrected chi connectivity index (χ0v) is 10.5. The van der Waals surface area contributed by atoms with Gasteiger partial charge in [0.25, 0.3) is 0 Å². The van der Waals surface area contributed by atoms with E-state index < -0.39 is 15.8 Å². The van der Waals surface area contributed by atoms with Crippen LogP contribution in [-0.4, -0.2) is 26.2 Å². The molecule has 0 heterocycles. The molecule has 1 aromatic rings. The first-order chi connectivity index (χ1) is 8.38. The smallest absolute Gasteiger partial charge is 0.240 e. The molecule has 0 bridgehead atoms. The molecule has 1 saturated carbocycles. The molecule has 1 aromatic carbocycles. The number of hydrogen-bond donors (Lipinski definition) is 3. The minimum absolute atomic E-state index is 0.0870. The lowest BCUT2D eigenvalue weighted by atomic mass is 9.83. The van der Waals surface area contributed by atoms with E-state index in [0.717, 1.165) is 6.07 Å². The highest BCUT2D eigenvalue weighted by molar-refractivity contribution is 7.89. The van der Waals surface area contributed by atoms with Crippen LogP contribution in [0.25, 0.3) is 0 Å². The Labute approximate surface area is 105 Å². The van der Waals surface area contributed by atoms with Crippen LogP contribution in [-0.2, 0) is 10.0 Å². The van der Waals surface area contributed by atoms with E-state index in [2.05, 4.69) is 4.72 Å². The minimum Gasteiger partial charge on any atom is -0.396 e. The van der Waals surface area contributed by atoms with Crippen LogP contribution in [0.5, 0.6) is 0 Å². The predicted molar refractivity (Wildman–Crippen MR) is 64.7 cm³/mol. The molecule has 1 aliphatic rings. The third-order valence-electron chi connectivity index (χ3n) is 3.06. The number of anilines is 1. The van der Waals surface area contributed by atoms with Gasteiger partial charge in [0.2, 0.25) is 10.0 Å². The van der Waals surface area contributed by atoms with Gasteiger partial charge in [0.15, 0.2) is 0 Å². The molecule has 0 atom stereocenters. The fraction of sp³-hybridized carbons (Fsp3) is 0.455. The molecule has 0 saturated heterocycles. The molecule has 2 rings (SSSR count). The van der Waals surface area contributed by atoms with Gasteiger partial charge in [-0.1, -0.05) is 0 Å². The van der Waals surface area contributed by atoms with Crippen molar-refractivity contribution in [2.75, 3.05) is 12.3 Å². The largest absolute Gasteiger partial charge is 0.396 e. The summed E-state index contributed by atoms with van der Waals surface area (Å²) in [5, 5.41) is 9.09. The van der Waals surface area contributed by atoms with Gasteiger partial charge < -0.3 is 10.8 Å². The van der Waals surface area contributed by atoms with E-state index in [1.165, 1.54) is 12.1 Å².